The fraction of sp³-hybridized carbons (Fsp3) is 0.217. The number of aromatic amines is 1. The van der Waals surface area contributed by atoms with Crippen molar-refractivity contribution in [1.29, 1.82) is 0 Å². The molecule has 0 spiro atoms. The smallest absolute Gasteiger partial charge is 0.273 e. The quantitative estimate of drug-likeness (QED) is 0.463. The highest BCUT2D eigenvalue weighted by Crippen LogP contribution is 2.43. The maximum Gasteiger partial charge on any atom is 0.273 e. The molecule has 4 aromatic rings. The number of hydrogen-bond acceptors (Lipinski definition) is 6. The minimum atomic E-state index is -0.911. The predicted octanol–water partition coefficient (Wildman–Crippen LogP) is 4.52. The highest BCUT2D eigenvalue weighted by atomic mass is 19.1. The Morgan fingerprint density at radius 2 is 2.09 bits per heavy atom. The van der Waals surface area contributed by atoms with Crippen molar-refractivity contribution >= 4 is 11.6 Å². The average Bonchev–Trinajstić information content (AvgIpc) is 3.21. The largest absolute Gasteiger partial charge is 0.496 e. The first-order chi connectivity index (χ1) is 15.5. The first kappa shape index (κ1) is 19.9. The normalized spacial score (nSPS) is 17.2. The zero-order chi connectivity index (χ0) is 22.2. The lowest BCUT2D eigenvalue weighted by Crippen LogP contribution is -2.13. The van der Waals surface area contributed by atoms with E-state index in [1.807, 2.05) is 43.3 Å². The van der Waals surface area contributed by atoms with Gasteiger partial charge in [-0.1, -0.05) is 29.4 Å². The summed E-state index contributed by atoms with van der Waals surface area (Å²) in [7, 11) is 1.58. The molecule has 0 radical (unpaired) electrons. The first-order valence-electron chi connectivity index (χ1n) is 10.1. The van der Waals surface area contributed by atoms with Gasteiger partial charge in [0.15, 0.2) is 0 Å². The molecule has 0 saturated heterocycles. The maximum atomic E-state index is 13.3. The van der Waals surface area contributed by atoms with Gasteiger partial charge in [-0.2, -0.15) is 4.98 Å². The maximum absolute atomic E-state index is 13.3. The van der Waals surface area contributed by atoms with E-state index < -0.39 is 6.17 Å². The minimum absolute atomic E-state index is 0.306. The molecule has 0 aliphatic heterocycles. The van der Waals surface area contributed by atoms with Gasteiger partial charge in [-0.05, 0) is 37.1 Å². The van der Waals surface area contributed by atoms with Crippen molar-refractivity contribution < 1.29 is 18.4 Å². The van der Waals surface area contributed by atoms with Crippen LogP contribution in [0.1, 0.15) is 34.3 Å². The van der Waals surface area contributed by atoms with Crippen LogP contribution in [0.5, 0.6) is 5.75 Å². The highest BCUT2D eigenvalue weighted by Gasteiger charge is 2.43. The van der Waals surface area contributed by atoms with Crippen LogP contribution in [0.2, 0.25) is 0 Å². The third-order valence-electron chi connectivity index (χ3n) is 5.40. The van der Waals surface area contributed by atoms with Crippen LogP contribution in [0.15, 0.2) is 53.2 Å². The van der Waals surface area contributed by atoms with Gasteiger partial charge >= 0.3 is 0 Å². The van der Waals surface area contributed by atoms with Gasteiger partial charge in [-0.3, -0.25) is 4.79 Å². The molecule has 1 fully saturated rings. The Balaban J connectivity index is 1.36. The van der Waals surface area contributed by atoms with Crippen molar-refractivity contribution in [3.05, 3.63) is 65.8 Å². The molecule has 1 saturated carbocycles. The fourth-order valence-corrected chi connectivity index (χ4v) is 3.42. The molecular weight excluding hydrogens is 413 g/mol. The molecule has 2 aromatic carbocycles. The van der Waals surface area contributed by atoms with Gasteiger partial charge in [0.2, 0.25) is 11.7 Å². The number of carbonyl (C=O) groups is 1. The van der Waals surface area contributed by atoms with Gasteiger partial charge in [0, 0.05) is 11.3 Å². The predicted molar refractivity (Wildman–Crippen MR) is 115 cm³/mol. The van der Waals surface area contributed by atoms with Gasteiger partial charge in [0.25, 0.3) is 5.91 Å². The van der Waals surface area contributed by atoms with Crippen molar-refractivity contribution in [3.63, 3.8) is 0 Å². The molecule has 1 aliphatic rings. The number of aromatic nitrogens is 4. The van der Waals surface area contributed by atoms with Crippen molar-refractivity contribution in [2.75, 3.05) is 12.4 Å². The molecule has 2 atom stereocenters. The fourth-order valence-electron chi connectivity index (χ4n) is 3.42. The molecule has 9 heteroatoms. The summed E-state index contributed by atoms with van der Waals surface area (Å²) in [5.74, 6) is 1.20. The summed E-state index contributed by atoms with van der Waals surface area (Å²) in [6.45, 7) is 1.88. The van der Waals surface area contributed by atoms with Crippen molar-refractivity contribution in [2.24, 2.45) is 0 Å². The summed E-state index contributed by atoms with van der Waals surface area (Å²) in [5, 5.41) is 6.84. The Kier molecular flexibility index (Phi) is 4.93. The lowest BCUT2D eigenvalue weighted by atomic mass is 10.1. The Morgan fingerprint density at radius 1 is 1.28 bits per heavy atom. The molecule has 1 amide bonds. The Morgan fingerprint density at radius 3 is 2.88 bits per heavy atom. The van der Waals surface area contributed by atoms with Crippen LogP contribution in [-0.4, -0.2) is 39.3 Å². The van der Waals surface area contributed by atoms with E-state index in [4.69, 9.17) is 9.26 Å². The number of hydrogen-bond donors (Lipinski definition) is 2. The highest BCUT2D eigenvalue weighted by molar-refractivity contribution is 6.03. The van der Waals surface area contributed by atoms with Crippen LogP contribution in [0.4, 0.5) is 10.1 Å². The lowest BCUT2D eigenvalue weighted by molar-refractivity contribution is 0.102. The molecule has 162 valence electrons. The molecule has 2 aromatic heterocycles. The van der Waals surface area contributed by atoms with Crippen LogP contribution < -0.4 is 10.1 Å². The number of aryl methyl sites for hydroxylation is 1. The number of rotatable bonds is 6. The zero-order valence-electron chi connectivity index (χ0n) is 17.4. The second-order valence-corrected chi connectivity index (χ2v) is 7.64. The second-order valence-electron chi connectivity index (χ2n) is 7.64. The summed E-state index contributed by atoms with van der Waals surface area (Å²) < 4.78 is 23.8. The second kappa shape index (κ2) is 7.92. The Bertz CT molecular complexity index is 1300. The van der Waals surface area contributed by atoms with E-state index >= 15 is 0 Å². The number of H-pyrrole nitrogens is 1. The number of anilines is 1. The van der Waals surface area contributed by atoms with E-state index in [9.17, 15) is 9.18 Å². The monoisotopic (exact) mass is 433 g/mol. The first-order valence-corrected chi connectivity index (χ1v) is 10.1. The van der Waals surface area contributed by atoms with Crippen molar-refractivity contribution in [2.45, 2.75) is 25.4 Å². The molecule has 0 unspecified atom stereocenters. The van der Waals surface area contributed by atoms with Crippen molar-refractivity contribution in [1.82, 2.24) is 20.1 Å². The lowest BCUT2D eigenvalue weighted by Gasteiger charge is -2.09. The number of nitrogens with zero attached hydrogens (tertiary/aromatic N) is 3. The van der Waals surface area contributed by atoms with E-state index in [1.54, 1.807) is 13.2 Å². The molecule has 2 N–H and O–H groups in total. The van der Waals surface area contributed by atoms with Gasteiger partial charge < -0.3 is 19.6 Å². The van der Waals surface area contributed by atoms with Crippen LogP contribution in [-0.2, 0) is 0 Å². The Labute approximate surface area is 182 Å². The SMILES string of the molecule is COc1ccccc1-c1ncc(C(=O)Nc2cc(-c3noc([C@H]4C[C@@H]4F)n3)ccc2C)[nH]1. The number of benzene rings is 2. The number of para-hydroxylation sites is 1. The molecule has 0 bridgehead atoms. The number of methoxy groups -OCH3 is 1. The summed E-state index contributed by atoms with van der Waals surface area (Å²) in [6, 6.07) is 12.9. The average molecular weight is 433 g/mol. The standard InChI is InChI=1S/C23H20FN5O3/c1-12-7-8-13(20-28-23(32-29-20)15-10-16(15)24)9-17(12)27-22(30)18-11-25-21(26-18)14-5-3-4-6-19(14)31-2/h3-9,11,15-16H,10H2,1-2H3,(H,25,26)(H,27,30)/t15-,16-/m0/s1. The number of amides is 1. The zero-order valence-corrected chi connectivity index (χ0v) is 17.4. The van der Waals surface area contributed by atoms with Crippen molar-refractivity contribution in [3.8, 4) is 28.5 Å². The van der Waals surface area contributed by atoms with E-state index in [0.29, 0.717) is 46.7 Å². The van der Waals surface area contributed by atoms with Gasteiger partial charge in [-0.15, -0.1) is 0 Å². The van der Waals surface area contributed by atoms with Crippen LogP contribution >= 0.6 is 0 Å². The minimum Gasteiger partial charge on any atom is -0.496 e. The molecule has 8 nitrogen and oxygen atoms in total. The number of halogens is 1. The van der Waals surface area contributed by atoms with Gasteiger partial charge in [0.1, 0.15) is 23.4 Å². The number of nitrogens with one attached hydrogen (secondary N) is 2. The third-order valence-corrected chi connectivity index (χ3v) is 5.40. The molecule has 1 aliphatic carbocycles. The summed E-state index contributed by atoms with van der Waals surface area (Å²) in [6.07, 6.45) is 0.981. The number of imidazole rings is 1. The molecular formula is C23H20FN5O3. The van der Waals surface area contributed by atoms with Crippen LogP contribution in [0.25, 0.3) is 22.8 Å². The van der Waals surface area contributed by atoms with Gasteiger partial charge in [-0.25, -0.2) is 9.37 Å². The van der Waals surface area contributed by atoms with Gasteiger partial charge in [0.05, 0.1) is 24.8 Å². The summed E-state index contributed by atoms with van der Waals surface area (Å²) in [4.78, 5) is 24.5. The number of alkyl halides is 1. The van der Waals surface area contributed by atoms with E-state index in [0.717, 1.165) is 11.1 Å². The molecule has 32 heavy (non-hydrogen) atoms. The molecule has 2 heterocycles. The third kappa shape index (κ3) is 3.73. The topological polar surface area (TPSA) is 106 Å². The summed E-state index contributed by atoms with van der Waals surface area (Å²) >= 11 is 0. The molecule has 5 rings (SSSR count). The van der Waals surface area contributed by atoms with Crippen LogP contribution in [0.3, 0.4) is 0 Å². The number of ether oxygens (including phenoxy) is 1. The van der Waals surface area contributed by atoms with E-state index in [-0.39, 0.29) is 11.8 Å². The summed E-state index contributed by atoms with van der Waals surface area (Å²) in [5.41, 5.74) is 3.19. The van der Waals surface area contributed by atoms with Crippen LogP contribution in [0, 0.1) is 6.92 Å². The van der Waals surface area contributed by atoms with E-state index in [2.05, 4.69) is 25.4 Å². The number of carbonyl (C=O) groups excluding carboxylic acids is 1. The van der Waals surface area contributed by atoms with E-state index in [1.165, 1.54) is 6.20 Å². The Hall–Kier alpha value is -4.01.